The fourth-order valence-corrected chi connectivity index (χ4v) is 3.10. The molecule has 0 aliphatic carbocycles. The molecule has 2 aromatic rings. The van der Waals surface area contributed by atoms with E-state index in [-0.39, 0.29) is 35.9 Å². The molecule has 2 heterocycles. The SMILES string of the molecule is C[C@H]1CN(c2nc(OCc3ccc(Cl)cc3F)ccc2F)CCN1C(=O)O. The van der Waals surface area contributed by atoms with Crippen LogP contribution in [0.3, 0.4) is 0 Å². The van der Waals surface area contributed by atoms with E-state index in [1.165, 1.54) is 29.2 Å². The molecule has 0 radical (unpaired) electrons. The van der Waals surface area contributed by atoms with Crippen LogP contribution in [0.1, 0.15) is 12.5 Å². The first-order chi connectivity index (χ1) is 12.8. The molecular formula is C18H18ClF2N3O3. The number of nitrogens with zero attached hydrogens (tertiary/aromatic N) is 3. The van der Waals surface area contributed by atoms with Crippen LogP contribution in [0.25, 0.3) is 0 Å². The lowest BCUT2D eigenvalue weighted by Gasteiger charge is -2.38. The largest absolute Gasteiger partial charge is 0.473 e. The number of halogens is 3. The highest BCUT2D eigenvalue weighted by Crippen LogP contribution is 2.24. The second-order valence-corrected chi connectivity index (χ2v) is 6.69. The number of rotatable bonds is 4. The summed E-state index contributed by atoms with van der Waals surface area (Å²) >= 11 is 5.72. The van der Waals surface area contributed by atoms with Gasteiger partial charge in [-0.3, -0.25) is 0 Å². The fourth-order valence-electron chi connectivity index (χ4n) is 2.94. The van der Waals surface area contributed by atoms with Gasteiger partial charge in [0.2, 0.25) is 5.88 Å². The lowest BCUT2D eigenvalue weighted by molar-refractivity contribution is 0.122. The molecule has 1 aliphatic rings. The van der Waals surface area contributed by atoms with Crippen LogP contribution in [0.2, 0.25) is 5.02 Å². The van der Waals surface area contributed by atoms with E-state index in [9.17, 15) is 13.6 Å². The van der Waals surface area contributed by atoms with Crippen molar-refractivity contribution in [2.24, 2.45) is 0 Å². The first-order valence-electron chi connectivity index (χ1n) is 8.33. The normalized spacial score (nSPS) is 17.1. The van der Waals surface area contributed by atoms with E-state index in [0.717, 1.165) is 0 Å². The molecule has 144 valence electrons. The summed E-state index contributed by atoms with van der Waals surface area (Å²) in [6.45, 7) is 2.55. The Morgan fingerprint density at radius 3 is 2.74 bits per heavy atom. The quantitative estimate of drug-likeness (QED) is 0.850. The van der Waals surface area contributed by atoms with Gasteiger partial charge in [0.1, 0.15) is 12.4 Å². The zero-order valence-electron chi connectivity index (χ0n) is 14.5. The van der Waals surface area contributed by atoms with Crippen LogP contribution in [0, 0.1) is 11.6 Å². The van der Waals surface area contributed by atoms with Crippen molar-refractivity contribution in [1.29, 1.82) is 0 Å². The Hall–Kier alpha value is -2.61. The molecule has 1 N–H and O–H groups in total. The maximum Gasteiger partial charge on any atom is 0.407 e. The predicted molar refractivity (Wildman–Crippen MR) is 96.3 cm³/mol. The summed E-state index contributed by atoms with van der Waals surface area (Å²) in [5.74, 6) is -0.797. The second-order valence-electron chi connectivity index (χ2n) is 6.25. The van der Waals surface area contributed by atoms with Gasteiger partial charge in [0, 0.05) is 42.3 Å². The van der Waals surface area contributed by atoms with Crippen molar-refractivity contribution < 1.29 is 23.4 Å². The van der Waals surface area contributed by atoms with E-state index in [0.29, 0.717) is 18.7 Å². The molecule has 1 amide bonds. The summed E-state index contributed by atoms with van der Waals surface area (Å²) in [6.07, 6.45) is -1.00. The standard InChI is InChI=1S/C18H18ClF2N3O3/c1-11-9-23(6-7-24(11)18(25)26)17-14(20)4-5-16(22-17)27-10-12-2-3-13(19)8-15(12)21/h2-5,8,11H,6-7,9-10H2,1H3,(H,25,26)/t11-/m0/s1. The third-order valence-electron chi connectivity index (χ3n) is 4.37. The average molecular weight is 398 g/mol. The third-order valence-corrected chi connectivity index (χ3v) is 4.60. The van der Waals surface area contributed by atoms with E-state index in [1.807, 2.05) is 0 Å². The molecule has 0 spiro atoms. The van der Waals surface area contributed by atoms with Crippen LogP contribution in [0.4, 0.5) is 19.4 Å². The topological polar surface area (TPSA) is 65.9 Å². The van der Waals surface area contributed by atoms with Crippen molar-refractivity contribution in [1.82, 2.24) is 9.88 Å². The van der Waals surface area contributed by atoms with Crippen molar-refractivity contribution in [3.05, 3.63) is 52.6 Å². The average Bonchev–Trinajstić information content (AvgIpc) is 2.61. The van der Waals surface area contributed by atoms with Crippen LogP contribution in [-0.4, -0.2) is 46.8 Å². The number of hydrogen-bond acceptors (Lipinski definition) is 4. The molecule has 0 unspecified atom stereocenters. The van der Waals surface area contributed by atoms with E-state index >= 15 is 0 Å². The molecule has 1 aliphatic heterocycles. The second kappa shape index (κ2) is 7.96. The Morgan fingerprint density at radius 1 is 1.30 bits per heavy atom. The maximum atomic E-state index is 14.2. The molecule has 1 atom stereocenters. The molecule has 0 saturated carbocycles. The summed E-state index contributed by atoms with van der Waals surface area (Å²) in [7, 11) is 0. The number of carboxylic acid groups (broad SMARTS) is 1. The van der Waals surface area contributed by atoms with Gasteiger partial charge in [0.25, 0.3) is 0 Å². The Balaban J connectivity index is 1.72. The minimum atomic E-state index is -1.00. The first-order valence-corrected chi connectivity index (χ1v) is 8.70. The molecular weight excluding hydrogens is 380 g/mol. The van der Waals surface area contributed by atoms with Crippen LogP contribution < -0.4 is 9.64 Å². The molecule has 27 heavy (non-hydrogen) atoms. The van der Waals surface area contributed by atoms with E-state index in [4.69, 9.17) is 21.4 Å². The van der Waals surface area contributed by atoms with Gasteiger partial charge in [-0.1, -0.05) is 17.7 Å². The highest BCUT2D eigenvalue weighted by Gasteiger charge is 2.29. The van der Waals surface area contributed by atoms with Crippen molar-refractivity contribution in [3.8, 4) is 5.88 Å². The van der Waals surface area contributed by atoms with Gasteiger partial charge in [-0.05, 0) is 25.1 Å². The number of piperazine rings is 1. The van der Waals surface area contributed by atoms with Gasteiger partial charge in [0.05, 0.1) is 0 Å². The van der Waals surface area contributed by atoms with Crippen molar-refractivity contribution in [2.75, 3.05) is 24.5 Å². The number of pyridine rings is 1. The van der Waals surface area contributed by atoms with Gasteiger partial charge in [-0.25, -0.2) is 13.6 Å². The summed E-state index contributed by atoms with van der Waals surface area (Å²) in [6, 6.07) is 6.54. The van der Waals surface area contributed by atoms with E-state index < -0.39 is 17.7 Å². The summed E-state index contributed by atoms with van der Waals surface area (Å²) < 4.78 is 33.6. The number of amides is 1. The molecule has 0 bridgehead atoms. The first kappa shape index (κ1) is 19.2. The lowest BCUT2D eigenvalue weighted by Crippen LogP contribution is -2.54. The van der Waals surface area contributed by atoms with Gasteiger partial charge in [0.15, 0.2) is 11.6 Å². The van der Waals surface area contributed by atoms with Crippen LogP contribution in [-0.2, 0) is 6.61 Å². The van der Waals surface area contributed by atoms with Gasteiger partial charge in [-0.15, -0.1) is 0 Å². The van der Waals surface area contributed by atoms with Crippen LogP contribution in [0.15, 0.2) is 30.3 Å². The smallest absolute Gasteiger partial charge is 0.407 e. The van der Waals surface area contributed by atoms with Crippen LogP contribution >= 0.6 is 11.6 Å². The van der Waals surface area contributed by atoms with E-state index in [2.05, 4.69) is 4.98 Å². The minimum Gasteiger partial charge on any atom is -0.473 e. The highest BCUT2D eigenvalue weighted by atomic mass is 35.5. The van der Waals surface area contributed by atoms with Crippen molar-refractivity contribution in [2.45, 2.75) is 19.6 Å². The maximum absolute atomic E-state index is 14.2. The summed E-state index contributed by atoms with van der Waals surface area (Å²) in [4.78, 5) is 18.3. The van der Waals surface area contributed by atoms with Crippen molar-refractivity contribution in [3.63, 3.8) is 0 Å². The minimum absolute atomic E-state index is 0.0791. The van der Waals surface area contributed by atoms with Gasteiger partial charge < -0.3 is 19.6 Å². The summed E-state index contributed by atoms with van der Waals surface area (Å²) in [5.41, 5.74) is 0.302. The Labute approximate surface area is 159 Å². The molecule has 1 aromatic carbocycles. The molecule has 3 rings (SSSR count). The van der Waals surface area contributed by atoms with E-state index in [1.54, 1.807) is 17.9 Å². The zero-order valence-corrected chi connectivity index (χ0v) is 15.3. The van der Waals surface area contributed by atoms with Gasteiger partial charge in [-0.2, -0.15) is 4.98 Å². The molecule has 9 heteroatoms. The number of hydrogen-bond donors (Lipinski definition) is 1. The number of carbonyl (C=O) groups is 1. The highest BCUT2D eigenvalue weighted by molar-refractivity contribution is 6.30. The van der Waals surface area contributed by atoms with Crippen LogP contribution in [0.5, 0.6) is 5.88 Å². The lowest BCUT2D eigenvalue weighted by atomic mass is 10.2. The fraction of sp³-hybridized carbons (Fsp3) is 0.333. The Kier molecular flexibility index (Phi) is 5.65. The molecule has 6 nitrogen and oxygen atoms in total. The Bertz CT molecular complexity index is 853. The number of benzene rings is 1. The Morgan fingerprint density at radius 2 is 2.07 bits per heavy atom. The zero-order chi connectivity index (χ0) is 19.6. The number of ether oxygens (including phenoxy) is 1. The monoisotopic (exact) mass is 397 g/mol. The summed E-state index contributed by atoms with van der Waals surface area (Å²) in [5, 5.41) is 9.43. The molecule has 1 fully saturated rings. The predicted octanol–water partition coefficient (Wildman–Crippen LogP) is 3.78. The van der Waals surface area contributed by atoms with Crippen molar-refractivity contribution >= 4 is 23.5 Å². The van der Waals surface area contributed by atoms with Gasteiger partial charge >= 0.3 is 6.09 Å². The number of anilines is 1. The third kappa shape index (κ3) is 4.39. The number of aromatic nitrogens is 1. The molecule has 1 aromatic heterocycles. The molecule has 1 saturated heterocycles.